The van der Waals surface area contributed by atoms with Gasteiger partial charge in [-0.05, 0) is 49.9 Å². The standard InChI is InChI=1S/C14H18BrFN2O/c1-14(2,13(17)19)7-18-12-4-3-9-10(12)5-8(15)6-11(9)16/h5-6,12,18H,3-4,7H2,1-2H3,(H2,17,19). The van der Waals surface area contributed by atoms with Gasteiger partial charge in [0.25, 0.3) is 0 Å². The Bertz CT molecular complexity index is 516. The zero-order valence-corrected chi connectivity index (χ0v) is 12.7. The summed E-state index contributed by atoms with van der Waals surface area (Å²) >= 11 is 3.32. The highest BCUT2D eigenvalue weighted by molar-refractivity contribution is 9.10. The number of benzene rings is 1. The van der Waals surface area contributed by atoms with Gasteiger partial charge in [-0.1, -0.05) is 15.9 Å². The zero-order valence-electron chi connectivity index (χ0n) is 11.1. The number of hydrogen-bond donors (Lipinski definition) is 2. The molecule has 1 amide bonds. The third kappa shape index (κ3) is 2.98. The molecule has 1 aliphatic carbocycles. The van der Waals surface area contributed by atoms with Crippen LogP contribution in [0.3, 0.4) is 0 Å². The van der Waals surface area contributed by atoms with Gasteiger partial charge < -0.3 is 11.1 Å². The Balaban J connectivity index is 2.13. The van der Waals surface area contributed by atoms with E-state index >= 15 is 0 Å². The lowest BCUT2D eigenvalue weighted by molar-refractivity contribution is -0.125. The monoisotopic (exact) mass is 328 g/mol. The maximum atomic E-state index is 13.8. The maximum Gasteiger partial charge on any atom is 0.224 e. The average Bonchev–Trinajstić information content (AvgIpc) is 2.69. The van der Waals surface area contributed by atoms with E-state index in [0.29, 0.717) is 6.54 Å². The van der Waals surface area contributed by atoms with Crippen LogP contribution in [-0.4, -0.2) is 12.5 Å². The summed E-state index contributed by atoms with van der Waals surface area (Å²) in [5.74, 6) is -0.499. The van der Waals surface area contributed by atoms with Crippen LogP contribution >= 0.6 is 15.9 Å². The highest BCUT2D eigenvalue weighted by Crippen LogP contribution is 2.35. The van der Waals surface area contributed by atoms with Crippen LogP contribution in [0.2, 0.25) is 0 Å². The molecule has 1 unspecified atom stereocenters. The zero-order chi connectivity index (χ0) is 14.2. The second-order valence-electron chi connectivity index (χ2n) is 5.68. The molecule has 1 aromatic carbocycles. The lowest BCUT2D eigenvalue weighted by Crippen LogP contribution is -2.41. The van der Waals surface area contributed by atoms with Crippen molar-refractivity contribution in [2.75, 3.05) is 6.54 Å². The molecule has 104 valence electrons. The number of nitrogens with two attached hydrogens (primary N) is 1. The number of carbonyl (C=O) groups is 1. The van der Waals surface area contributed by atoms with Crippen molar-refractivity contribution in [3.05, 3.63) is 33.5 Å². The highest BCUT2D eigenvalue weighted by Gasteiger charge is 2.30. The summed E-state index contributed by atoms with van der Waals surface area (Å²) in [4.78, 5) is 11.3. The third-order valence-corrected chi connectivity index (χ3v) is 4.17. The summed E-state index contributed by atoms with van der Waals surface area (Å²) in [6.07, 6.45) is 1.57. The van der Waals surface area contributed by atoms with Crippen LogP contribution in [0.5, 0.6) is 0 Å². The third-order valence-electron chi connectivity index (χ3n) is 3.71. The van der Waals surface area contributed by atoms with Crippen molar-refractivity contribution in [1.82, 2.24) is 5.32 Å². The lowest BCUT2D eigenvalue weighted by atomic mass is 9.92. The molecule has 0 heterocycles. The number of nitrogens with one attached hydrogen (secondary N) is 1. The van der Waals surface area contributed by atoms with Gasteiger partial charge >= 0.3 is 0 Å². The molecule has 0 radical (unpaired) electrons. The molecule has 3 nitrogen and oxygen atoms in total. The smallest absolute Gasteiger partial charge is 0.224 e. The molecule has 1 aliphatic rings. The molecule has 0 saturated carbocycles. The van der Waals surface area contributed by atoms with Crippen LogP contribution in [0.15, 0.2) is 16.6 Å². The van der Waals surface area contributed by atoms with E-state index in [1.54, 1.807) is 13.8 Å². The van der Waals surface area contributed by atoms with Gasteiger partial charge in [0.05, 0.1) is 5.41 Å². The Morgan fingerprint density at radius 3 is 2.89 bits per heavy atom. The lowest BCUT2D eigenvalue weighted by Gasteiger charge is -2.24. The number of carbonyl (C=O) groups excluding carboxylic acids is 1. The van der Waals surface area contributed by atoms with Gasteiger partial charge in [0.1, 0.15) is 5.82 Å². The first-order chi connectivity index (χ1) is 8.81. The highest BCUT2D eigenvalue weighted by atomic mass is 79.9. The van der Waals surface area contributed by atoms with Crippen LogP contribution in [0, 0.1) is 11.2 Å². The summed E-state index contributed by atoms with van der Waals surface area (Å²) in [6, 6.07) is 3.52. The molecule has 0 aromatic heterocycles. The molecule has 0 bridgehead atoms. The second kappa shape index (κ2) is 5.21. The van der Waals surface area contributed by atoms with Crippen LogP contribution in [0.1, 0.15) is 37.4 Å². The first kappa shape index (κ1) is 14.5. The number of primary amides is 1. The Hall–Kier alpha value is -0.940. The molecule has 1 atom stereocenters. The van der Waals surface area contributed by atoms with Crippen molar-refractivity contribution in [2.24, 2.45) is 11.1 Å². The number of halogens is 2. The van der Waals surface area contributed by atoms with E-state index in [2.05, 4.69) is 21.2 Å². The van der Waals surface area contributed by atoms with E-state index in [1.165, 1.54) is 6.07 Å². The van der Waals surface area contributed by atoms with Gasteiger partial charge in [0.15, 0.2) is 0 Å². The molecule has 3 N–H and O–H groups in total. The van der Waals surface area contributed by atoms with E-state index in [4.69, 9.17) is 5.73 Å². The van der Waals surface area contributed by atoms with Crippen molar-refractivity contribution >= 4 is 21.8 Å². The fourth-order valence-corrected chi connectivity index (χ4v) is 2.77. The first-order valence-electron chi connectivity index (χ1n) is 6.32. The summed E-state index contributed by atoms with van der Waals surface area (Å²) < 4.78 is 14.5. The van der Waals surface area contributed by atoms with Crippen molar-refractivity contribution in [2.45, 2.75) is 32.7 Å². The van der Waals surface area contributed by atoms with E-state index in [9.17, 15) is 9.18 Å². The van der Waals surface area contributed by atoms with Crippen molar-refractivity contribution in [3.8, 4) is 0 Å². The van der Waals surface area contributed by atoms with Gasteiger partial charge in [0.2, 0.25) is 5.91 Å². The van der Waals surface area contributed by atoms with Crippen molar-refractivity contribution in [1.29, 1.82) is 0 Å². The molecule has 5 heteroatoms. The molecule has 0 fully saturated rings. The fourth-order valence-electron chi connectivity index (χ4n) is 2.32. The predicted molar refractivity (Wildman–Crippen MR) is 76.1 cm³/mol. The Morgan fingerprint density at radius 1 is 1.58 bits per heavy atom. The minimum absolute atomic E-state index is 0.0839. The van der Waals surface area contributed by atoms with E-state index in [1.807, 2.05) is 6.07 Å². The normalized spacial score (nSPS) is 18.4. The van der Waals surface area contributed by atoms with Crippen molar-refractivity contribution < 1.29 is 9.18 Å². The summed E-state index contributed by atoms with van der Waals surface area (Å²) in [5.41, 5.74) is 6.50. The summed E-state index contributed by atoms with van der Waals surface area (Å²) in [7, 11) is 0. The number of rotatable bonds is 4. The molecule has 1 aromatic rings. The van der Waals surface area contributed by atoms with Crippen LogP contribution in [0.4, 0.5) is 4.39 Å². The number of hydrogen-bond acceptors (Lipinski definition) is 2. The topological polar surface area (TPSA) is 55.1 Å². The molecule has 19 heavy (non-hydrogen) atoms. The Labute approximate surface area is 120 Å². The second-order valence-corrected chi connectivity index (χ2v) is 6.59. The van der Waals surface area contributed by atoms with Crippen LogP contribution in [0.25, 0.3) is 0 Å². The molecule has 2 rings (SSSR count). The maximum absolute atomic E-state index is 13.8. The Kier molecular flexibility index (Phi) is 3.97. The fraction of sp³-hybridized carbons (Fsp3) is 0.500. The number of fused-ring (bicyclic) bond motifs is 1. The molecular formula is C14H18BrFN2O. The largest absolute Gasteiger partial charge is 0.369 e. The van der Waals surface area contributed by atoms with E-state index in [0.717, 1.165) is 28.4 Å². The van der Waals surface area contributed by atoms with Gasteiger partial charge in [-0.15, -0.1) is 0 Å². The van der Waals surface area contributed by atoms with Gasteiger partial charge in [-0.3, -0.25) is 4.79 Å². The first-order valence-corrected chi connectivity index (χ1v) is 7.11. The quantitative estimate of drug-likeness (QED) is 0.892. The average molecular weight is 329 g/mol. The van der Waals surface area contributed by atoms with Gasteiger partial charge in [-0.2, -0.15) is 0 Å². The minimum Gasteiger partial charge on any atom is -0.369 e. The summed E-state index contributed by atoms with van der Waals surface area (Å²) in [6.45, 7) is 4.10. The van der Waals surface area contributed by atoms with Crippen molar-refractivity contribution in [3.63, 3.8) is 0 Å². The van der Waals surface area contributed by atoms with Gasteiger partial charge in [0, 0.05) is 17.1 Å². The van der Waals surface area contributed by atoms with Crippen LogP contribution < -0.4 is 11.1 Å². The van der Waals surface area contributed by atoms with E-state index in [-0.39, 0.29) is 17.8 Å². The van der Waals surface area contributed by atoms with Gasteiger partial charge in [-0.25, -0.2) is 4.39 Å². The number of amides is 1. The molecule has 0 saturated heterocycles. The minimum atomic E-state index is -0.604. The SMILES string of the molecule is CC(C)(CNC1CCc2c(F)cc(Br)cc21)C(N)=O. The van der Waals surface area contributed by atoms with Crippen LogP contribution in [-0.2, 0) is 11.2 Å². The van der Waals surface area contributed by atoms with E-state index < -0.39 is 5.41 Å². The predicted octanol–water partition coefficient (Wildman–Crippen LogP) is 2.68. The molecule has 0 spiro atoms. The Morgan fingerprint density at radius 2 is 2.26 bits per heavy atom. The summed E-state index contributed by atoms with van der Waals surface area (Å²) in [5, 5.41) is 3.33. The molecular weight excluding hydrogens is 311 g/mol. The molecule has 0 aliphatic heterocycles.